The number of nitrogens with two attached hydrogens (primary N) is 1. The smallest absolute Gasteiger partial charge is 0.408 e. The molecule has 1 aromatic carbocycles. The average molecular weight is 1900 g/mol. The first kappa shape index (κ1) is 115. The number of primary amides is 1. The summed E-state index contributed by atoms with van der Waals surface area (Å²) < 4.78 is 17.0. The highest BCUT2D eigenvalue weighted by Crippen LogP contribution is 2.26. The first-order valence-corrected chi connectivity index (χ1v) is 46.0. The number of hydrogen-bond donors (Lipinski definition) is 21. The molecule has 0 spiro atoms. The van der Waals surface area contributed by atoms with Gasteiger partial charge in [0.25, 0.3) is 0 Å². The van der Waals surface area contributed by atoms with E-state index in [0.717, 1.165) is 84.0 Å². The number of nitrogens with one attached hydrogen (secondary N) is 12. The summed E-state index contributed by atoms with van der Waals surface area (Å²) >= 11 is 0. The normalized spacial score (nSPS) is 25.2. The molecule has 0 aliphatic carbocycles. The number of esters is 1. The third kappa shape index (κ3) is 39.8. The number of aliphatic hydroxyl groups is 7. The van der Waals surface area contributed by atoms with E-state index in [1.807, 2.05) is 6.07 Å². The molecule has 0 saturated carbocycles. The number of carbonyl (C=O) groups is 17. The number of ether oxygens (including phenoxy) is 3. The molecule has 1 aromatic rings. The van der Waals surface area contributed by atoms with Gasteiger partial charge in [0.15, 0.2) is 0 Å². The minimum Gasteiger partial charge on any atom is -0.508 e. The molecule has 0 bridgehead atoms. The van der Waals surface area contributed by atoms with Gasteiger partial charge < -0.3 is 139 Å². The molecule has 45 heteroatoms. The lowest BCUT2D eigenvalue weighted by molar-refractivity contribution is -0.155. The van der Waals surface area contributed by atoms with E-state index in [4.69, 9.17) is 19.9 Å². The van der Waals surface area contributed by atoms with Crippen molar-refractivity contribution in [1.29, 1.82) is 5.26 Å². The Kier molecular flexibility index (Phi) is 48.3. The third-order valence-electron chi connectivity index (χ3n) is 22.3. The number of carbonyl (C=O) groups excluding carboxylic acids is 17. The number of aliphatic hydroxyl groups excluding tert-OH is 7. The fourth-order valence-electron chi connectivity index (χ4n) is 15.2. The van der Waals surface area contributed by atoms with Crippen LogP contribution in [0.3, 0.4) is 0 Å². The Morgan fingerprint density at radius 2 is 1.10 bits per heavy atom. The van der Waals surface area contributed by atoms with Gasteiger partial charge in [0.1, 0.15) is 95.6 Å². The van der Waals surface area contributed by atoms with Crippen LogP contribution in [0.25, 0.3) is 0 Å². The van der Waals surface area contributed by atoms with Crippen LogP contribution in [0, 0.1) is 17.2 Å². The molecular formula is C89H145N17O28. The topological polar surface area (TPSA) is 684 Å². The molecule has 20 atom stereocenters. The van der Waals surface area contributed by atoms with Gasteiger partial charge in [-0.3, -0.25) is 67.1 Å². The highest BCUT2D eigenvalue weighted by Gasteiger charge is 2.49. The summed E-state index contributed by atoms with van der Waals surface area (Å²) in [5.74, 6) is -19.0. The van der Waals surface area contributed by atoms with Crippen molar-refractivity contribution in [3.63, 3.8) is 0 Å². The number of phenolic OH excluding ortho intramolecular Hbond substituents is 1. The predicted octanol–water partition coefficient (Wildman–Crippen LogP) is -2.49. The second kappa shape index (κ2) is 56.2. The van der Waals surface area contributed by atoms with Crippen molar-refractivity contribution >= 4 is 101 Å². The maximum atomic E-state index is 15.2. The van der Waals surface area contributed by atoms with Crippen LogP contribution in [0.5, 0.6) is 5.75 Å². The van der Waals surface area contributed by atoms with Gasteiger partial charge in [-0.2, -0.15) is 5.26 Å². The van der Waals surface area contributed by atoms with Crippen LogP contribution >= 0.6 is 0 Å². The van der Waals surface area contributed by atoms with E-state index in [2.05, 4.69) is 70.7 Å². The molecule has 3 fully saturated rings. The van der Waals surface area contributed by atoms with Gasteiger partial charge in [0.2, 0.25) is 82.7 Å². The molecule has 4 rings (SSSR count). The molecule has 134 heavy (non-hydrogen) atoms. The number of cyclic esters (lactones) is 1. The molecule has 3 heterocycles. The van der Waals surface area contributed by atoms with Crippen LogP contribution in [0.4, 0.5) is 9.59 Å². The Morgan fingerprint density at radius 1 is 0.582 bits per heavy atom. The minimum absolute atomic E-state index is 0.0494. The summed E-state index contributed by atoms with van der Waals surface area (Å²) in [4.78, 5) is 245. The minimum atomic E-state index is -2.31. The maximum Gasteiger partial charge on any atom is 0.408 e. The van der Waals surface area contributed by atoms with Gasteiger partial charge in [-0.05, 0) is 145 Å². The molecule has 2 unspecified atom stereocenters. The van der Waals surface area contributed by atoms with Gasteiger partial charge >= 0.3 is 18.2 Å². The summed E-state index contributed by atoms with van der Waals surface area (Å²) in [5, 5.41) is 127. The van der Waals surface area contributed by atoms with E-state index in [9.17, 15) is 123 Å². The third-order valence-corrected chi connectivity index (χ3v) is 22.3. The van der Waals surface area contributed by atoms with Crippen molar-refractivity contribution in [1.82, 2.24) is 78.5 Å². The Labute approximate surface area is 781 Å². The number of nitrogens with zero attached hydrogens (tertiary/aromatic N) is 4. The molecule has 16 amide bonds. The molecule has 3 aliphatic rings. The van der Waals surface area contributed by atoms with Gasteiger partial charge in [-0.1, -0.05) is 97.1 Å². The first-order valence-electron chi connectivity index (χ1n) is 46.0. The molecule has 22 N–H and O–H groups in total. The fraction of sp³-hybridized carbons (Fsp3) is 0.730. The number of benzene rings is 1. The van der Waals surface area contributed by atoms with Gasteiger partial charge in [-0.15, -0.1) is 0 Å². The van der Waals surface area contributed by atoms with Crippen LogP contribution in [-0.2, 0) is 92.5 Å². The molecule has 3 aliphatic heterocycles. The Balaban J connectivity index is 1.93. The van der Waals surface area contributed by atoms with E-state index >= 15 is 4.79 Å². The lowest BCUT2D eigenvalue weighted by Gasteiger charge is -2.34. The van der Waals surface area contributed by atoms with E-state index in [0.29, 0.717) is 29.7 Å². The summed E-state index contributed by atoms with van der Waals surface area (Å²) in [5.41, 5.74) is 3.80. The van der Waals surface area contributed by atoms with Crippen LogP contribution in [0.15, 0.2) is 24.3 Å². The Morgan fingerprint density at radius 3 is 1.66 bits per heavy atom. The lowest BCUT2D eigenvalue weighted by atomic mass is 9.99. The monoisotopic (exact) mass is 1900 g/mol. The fourth-order valence-corrected chi connectivity index (χ4v) is 15.2. The zero-order valence-electron chi connectivity index (χ0n) is 79.3. The molecule has 0 radical (unpaired) electrons. The second-order valence-corrected chi connectivity index (χ2v) is 36.9. The number of rotatable bonds is 34. The van der Waals surface area contributed by atoms with E-state index in [1.54, 1.807) is 41.5 Å². The number of unbranched alkanes of at least 4 members (excludes halogenated alkanes) is 10. The van der Waals surface area contributed by atoms with Crippen molar-refractivity contribution in [2.45, 2.75) is 371 Å². The second-order valence-electron chi connectivity index (χ2n) is 36.9. The lowest BCUT2D eigenvalue weighted by Crippen LogP contribution is -2.64. The van der Waals surface area contributed by atoms with Gasteiger partial charge in [0.05, 0.1) is 74.6 Å². The highest BCUT2D eigenvalue weighted by atomic mass is 16.6. The van der Waals surface area contributed by atoms with Gasteiger partial charge in [-0.25, -0.2) is 14.4 Å². The molecule has 0 aromatic heterocycles. The summed E-state index contributed by atoms with van der Waals surface area (Å²) in [6, 6.07) is -14.9. The Hall–Kier alpha value is -11.2. The summed E-state index contributed by atoms with van der Waals surface area (Å²) in [6.45, 7) is 17.3. The number of aromatic hydroxyl groups is 1. The number of amides is 16. The number of nitriles is 1. The van der Waals surface area contributed by atoms with E-state index < -0.39 is 291 Å². The molecular weight excluding hydrogens is 1760 g/mol. The summed E-state index contributed by atoms with van der Waals surface area (Å²) in [7, 11) is 0. The molecule has 754 valence electrons. The van der Waals surface area contributed by atoms with E-state index in [1.165, 1.54) is 49.9 Å². The quantitative estimate of drug-likeness (QED) is 0.0193. The zero-order valence-corrected chi connectivity index (χ0v) is 79.3. The van der Waals surface area contributed by atoms with E-state index in [-0.39, 0.29) is 63.9 Å². The number of fused-ring (bicyclic) bond motifs is 2. The zero-order chi connectivity index (χ0) is 101. The molecule has 45 nitrogen and oxygen atoms in total. The number of phenols is 1. The van der Waals surface area contributed by atoms with Crippen molar-refractivity contribution in [2.24, 2.45) is 11.7 Å². The van der Waals surface area contributed by atoms with Crippen LogP contribution in [0.2, 0.25) is 0 Å². The van der Waals surface area contributed by atoms with Crippen LogP contribution < -0.4 is 69.5 Å². The SMILES string of the molecule is CCCCCCCCCCCCC[C@@H]1CC(=O)N[C@H]([C@@H](C)O)C(=O)N[C@H](C)C(=O)N[C@@H](Cc2ccc(O)cc2)C(=O)N[C@@H](C(C)C)C(=O)N2C[C@H](O)C[C@H]2C(=O)N[C@H]([C@@H](C)O)C(=O)N[C@@H]([C@@H](C)O)C(=O)N2CC[C@H](O)[C@H]2C(=O)NC(C(O)CC(N)=O)C(=O)NCC(=O)N[C@@H]([C@@H](C)O)C(=O)N[C@@H](CCCN(CCC#N)C(=O)[C@H](CCCNC(=O)OC(C)(C)C)NC(=O)OC(C)(C)C)C(=O)O1. The van der Waals surface area contributed by atoms with Crippen LogP contribution in [0.1, 0.15) is 237 Å². The highest BCUT2D eigenvalue weighted by molar-refractivity contribution is 6.01. The Bertz CT molecular complexity index is 4140. The van der Waals surface area contributed by atoms with Crippen LogP contribution in [-0.4, -0.2) is 328 Å². The summed E-state index contributed by atoms with van der Waals surface area (Å²) in [6.07, 6.45) is -10.8. The van der Waals surface area contributed by atoms with Crippen molar-refractivity contribution in [3.05, 3.63) is 29.8 Å². The number of hydrogen-bond acceptors (Lipinski definition) is 29. The average Bonchev–Trinajstić information content (AvgIpc) is 1.63. The number of alkyl carbamates (subject to hydrolysis) is 2. The first-order chi connectivity index (χ1) is 62.8. The maximum absolute atomic E-state index is 15.2. The molecule has 3 saturated heterocycles. The predicted molar refractivity (Wildman–Crippen MR) is 480 cm³/mol. The van der Waals surface area contributed by atoms with Crippen molar-refractivity contribution in [3.8, 4) is 11.8 Å². The largest absolute Gasteiger partial charge is 0.508 e. The standard InChI is InChI=1S/C89H145N17O28/c1-15-16-17-18-19-20-21-22-23-24-25-29-57-44-65(116)98-68(50(5)107)78(122)94-49(4)74(118)96-60(42-54-32-34-55(111)35-33-54)75(119)100-67(48(2)3)83(127)106-47-56(112)43-61(106)76(120)101-70(52(7)109)80(124)102-71(53(8)110)84(128)105-41-36-62(113)73(105)81(125)103-72(63(114)45-64(91)115)77(121)93-46-66(117)99-69(51(6)108)79(123)95-59(85(129)132-57)31-27-39-104(40-28-37-90)82(126)58(97-87(131)134-89(12,13)14)30-26-38-92-86(130)133-88(9,10)11/h32-35,48-53,56-63,67-73,107-114H,15-31,36,38-47H2,1-14H3,(H2,91,115)(H,92,130)(H,93,121)(H,94,122)(H,95,123)(H,96,118)(H,97,131)(H,98,116)(H,99,117)(H,100,119)(H,101,120)(H,102,124)(H,103,125)/t49-,50-,51-,52-,53-,56-,57-,58+,59+,60+,61+,62+,63?,67+,68-,69+,70-,71+,72?,73+/m1/s1. The van der Waals surface area contributed by atoms with Gasteiger partial charge in [0, 0.05) is 45.6 Å². The van der Waals surface area contributed by atoms with Crippen molar-refractivity contribution < 1.29 is 137 Å². The van der Waals surface area contributed by atoms with Crippen molar-refractivity contribution in [2.75, 3.05) is 39.3 Å².